The van der Waals surface area contributed by atoms with E-state index < -0.39 is 0 Å². The van der Waals surface area contributed by atoms with Crippen LogP contribution in [0.4, 0.5) is 0 Å². The summed E-state index contributed by atoms with van der Waals surface area (Å²) >= 11 is 0. The van der Waals surface area contributed by atoms with Gasteiger partial charge in [0.15, 0.2) is 0 Å². The summed E-state index contributed by atoms with van der Waals surface area (Å²) in [4.78, 5) is 24.4. The highest BCUT2D eigenvalue weighted by molar-refractivity contribution is 5.88. The lowest BCUT2D eigenvalue weighted by molar-refractivity contribution is -0.138. The van der Waals surface area contributed by atoms with Crippen molar-refractivity contribution < 1.29 is 19.1 Å². The third kappa shape index (κ3) is 13.8. The average Bonchev–Trinajstić information content (AvgIpc) is 2.78. The molecule has 0 unspecified atom stereocenters. The van der Waals surface area contributed by atoms with Crippen LogP contribution < -0.4 is 0 Å². The third-order valence-corrected chi connectivity index (χ3v) is 5.98. The van der Waals surface area contributed by atoms with Gasteiger partial charge in [0.05, 0.1) is 0 Å². The lowest BCUT2D eigenvalue weighted by Crippen LogP contribution is -2.06. The molecule has 0 aliphatic carbocycles. The van der Waals surface area contributed by atoms with Crippen LogP contribution in [0.1, 0.15) is 92.9 Å². The second kappa shape index (κ2) is 16.9. The molecule has 34 heavy (non-hydrogen) atoms. The number of esters is 2. The summed E-state index contributed by atoms with van der Waals surface area (Å²) < 4.78 is 10.8. The molecule has 0 saturated carbocycles. The lowest BCUT2D eigenvalue weighted by atomic mass is 10.1. The van der Waals surface area contributed by atoms with Crippen LogP contribution in [0.25, 0.3) is 0 Å². The van der Waals surface area contributed by atoms with Gasteiger partial charge in [0, 0.05) is 11.1 Å². The number of rotatable bonds is 0. The molecule has 0 spiro atoms. The Labute approximate surface area is 207 Å². The fourth-order valence-corrected chi connectivity index (χ4v) is 3.45. The monoisotopic (exact) mass is 468 g/mol. The zero-order chi connectivity index (χ0) is 25.3. The van der Waals surface area contributed by atoms with Crippen LogP contribution in [0.2, 0.25) is 0 Å². The second-order valence-electron chi connectivity index (χ2n) is 9.33. The van der Waals surface area contributed by atoms with Crippen molar-refractivity contribution in [1.29, 1.82) is 0 Å². The van der Waals surface area contributed by atoms with Crippen molar-refractivity contribution >= 4 is 11.9 Å². The third-order valence-electron chi connectivity index (χ3n) is 5.98. The Morgan fingerprint density at radius 3 is 1.12 bits per heavy atom. The van der Waals surface area contributed by atoms with Gasteiger partial charge in [-0.25, -0.2) is 9.59 Å². The number of cyclic esters (lactones) is 2. The first-order valence-electron chi connectivity index (χ1n) is 12.5. The van der Waals surface area contributed by atoms with Gasteiger partial charge in [-0.15, -0.1) is 0 Å². The fraction of sp³-hybridized carbons (Fsp3) is 0.533. The van der Waals surface area contributed by atoms with Crippen LogP contribution in [0.5, 0.6) is 0 Å². The highest BCUT2D eigenvalue weighted by Gasteiger charge is 2.06. The first-order chi connectivity index (χ1) is 16.2. The Hall–Kier alpha value is -2.62. The summed E-state index contributed by atoms with van der Waals surface area (Å²) in [5.41, 5.74) is 6.36. The maximum absolute atomic E-state index is 12.2. The van der Waals surface area contributed by atoms with Crippen LogP contribution in [-0.2, 0) is 19.1 Å². The van der Waals surface area contributed by atoms with E-state index in [1.165, 1.54) is 22.3 Å². The molecule has 0 aromatic heterocycles. The minimum absolute atomic E-state index is 0.243. The van der Waals surface area contributed by atoms with Crippen molar-refractivity contribution in [3.63, 3.8) is 0 Å². The zero-order valence-electron chi connectivity index (χ0n) is 22.2. The summed E-state index contributed by atoms with van der Waals surface area (Å²) in [6.45, 7) is 12.6. The summed E-state index contributed by atoms with van der Waals surface area (Å²) in [6.07, 6.45) is 19.6. The maximum Gasteiger partial charge on any atom is 0.333 e. The van der Waals surface area contributed by atoms with Crippen LogP contribution in [0.3, 0.4) is 0 Å². The molecule has 1 aliphatic rings. The van der Waals surface area contributed by atoms with Crippen LogP contribution in [-0.4, -0.2) is 25.2 Å². The van der Waals surface area contributed by atoms with Gasteiger partial charge in [-0.2, -0.15) is 0 Å². The minimum atomic E-state index is -0.243. The molecular weight excluding hydrogens is 424 g/mol. The molecule has 188 valence electrons. The highest BCUT2D eigenvalue weighted by Crippen LogP contribution is 2.14. The molecule has 0 radical (unpaired) electrons. The molecule has 4 heteroatoms. The smallest absolute Gasteiger partial charge is 0.333 e. The van der Waals surface area contributed by atoms with Crippen LogP contribution in [0, 0.1) is 0 Å². The first kappa shape index (κ1) is 29.4. The second-order valence-corrected chi connectivity index (χ2v) is 9.33. The average molecular weight is 469 g/mol. The van der Waals surface area contributed by atoms with Gasteiger partial charge < -0.3 is 9.47 Å². The molecule has 1 rings (SSSR count). The molecule has 0 aromatic carbocycles. The minimum Gasteiger partial charge on any atom is -0.458 e. The molecule has 0 saturated heterocycles. The number of carbonyl (C=O) groups excluding carboxylic acids is 2. The predicted octanol–water partition coefficient (Wildman–Crippen LogP) is 7.89. The van der Waals surface area contributed by atoms with E-state index in [4.69, 9.17) is 9.47 Å². The van der Waals surface area contributed by atoms with Crippen molar-refractivity contribution in [2.45, 2.75) is 92.9 Å². The first-order valence-corrected chi connectivity index (χ1v) is 12.5. The molecule has 4 nitrogen and oxygen atoms in total. The Morgan fingerprint density at radius 2 is 0.765 bits per heavy atom. The predicted molar refractivity (Wildman–Crippen MR) is 141 cm³/mol. The van der Waals surface area contributed by atoms with Gasteiger partial charge in [-0.3, -0.25) is 0 Å². The van der Waals surface area contributed by atoms with E-state index in [9.17, 15) is 9.59 Å². The maximum atomic E-state index is 12.2. The Morgan fingerprint density at radius 1 is 0.471 bits per heavy atom. The number of ether oxygens (including phenoxy) is 2. The molecule has 0 fully saturated rings. The summed E-state index contributed by atoms with van der Waals surface area (Å²) in [5, 5.41) is 0. The van der Waals surface area contributed by atoms with E-state index in [1.807, 2.05) is 38.2 Å². The largest absolute Gasteiger partial charge is 0.458 e. The quantitative estimate of drug-likeness (QED) is 0.268. The molecule has 0 bridgehead atoms. The van der Waals surface area contributed by atoms with E-state index in [0.29, 0.717) is 24.4 Å². The highest BCUT2D eigenvalue weighted by atomic mass is 16.5. The van der Waals surface area contributed by atoms with Gasteiger partial charge in [0.2, 0.25) is 0 Å². The van der Waals surface area contributed by atoms with Gasteiger partial charge >= 0.3 is 11.9 Å². The summed E-state index contributed by atoms with van der Waals surface area (Å²) in [7, 11) is 0. The number of allylic oxidation sites excluding steroid dienone is 8. The molecular formula is C30H44O4. The van der Waals surface area contributed by atoms with Crippen molar-refractivity contribution in [2.24, 2.45) is 0 Å². The van der Waals surface area contributed by atoms with E-state index in [2.05, 4.69) is 39.8 Å². The van der Waals surface area contributed by atoms with Gasteiger partial charge in [0.1, 0.15) is 13.2 Å². The molecule has 1 heterocycles. The van der Waals surface area contributed by atoms with E-state index in [0.717, 1.165) is 51.4 Å². The van der Waals surface area contributed by atoms with Gasteiger partial charge in [-0.05, 0) is 105 Å². The Balaban J connectivity index is 2.81. The standard InChI is InChI=1S/C30H44O4/c1-23-11-7-13-25(3)19-21-34-30(32)28(6)18-10-16-24(2)12-8-14-26(4)20-22-33-29(31)27(5)17-9-15-23/h11-12,17-20H,7-10,13-16,21-22H2,1-6H3/b23-11+,24-12+,25-19+,26-20+,27-17+,28-18+. The molecule has 0 atom stereocenters. The van der Waals surface area contributed by atoms with E-state index in [1.54, 1.807) is 0 Å². The fourth-order valence-electron chi connectivity index (χ4n) is 3.45. The molecule has 0 N–H and O–H groups in total. The van der Waals surface area contributed by atoms with Crippen molar-refractivity contribution in [3.8, 4) is 0 Å². The number of carbonyl (C=O) groups is 2. The Kier molecular flexibility index (Phi) is 14.6. The van der Waals surface area contributed by atoms with Crippen molar-refractivity contribution in [2.75, 3.05) is 13.2 Å². The van der Waals surface area contributed by atoms with Crippen molar-refractivity contribution in [1.82, 2.24) is 0 Å². The SMILES string of the molecule is C/C1=C\CC/C(C)=C/COC(=O)/C(C)=C/CC/C(C)=C/CC/C(C)=C/COC(=O)/C(C)=C/CC1. The zero-order valence-corrected chi connectivity index (χ0v) is 22.2. The molecule has 0 aromatic rings. The lowest BCUT2D eigenvalue weighted by Gasteiger charge is -2.06. The number of hydrogen-bond acceptors (Lipinski definition) is 4. The normalized spacial score (nSPS) is 29.1. The Bertz CT molecular complexity index is 790. The number of hydrogen-bond donors (Lipinski definition) is 0. The van der Waals surface area contributed by atoms with Crippen LogP contribution >= 0.6 is 0 Å². The molecule has 1 aliphatic heterocycles. The molecule has 0 amide bonds. The van der Waals surface area contributed by atoms with E-state index in [-0.39, 0.29) is 11.9 Å². The van der Waals surface area contributed by atoms with Crippen molar-refractivity contribution in [3.05, 3.63) is 69.9 Å². The van der Waals surface area contributed by atoms with Gasteiger partial charge in [-0.1, -0.05) is 46.6 Å². The van der Waals surface area contributed by atoms with Gasteiger partial charge in [0.25, 0.3) is 0 Å². The topological polar surface area (TPSA) is 52.6 Å². The van der Waals surface area contributed by atoms with Crippen LogP contribution in [0.15, 0.2) is 69.9 Å². The summed E-state index contributed by atoms with van der Waals surface area (Å²) in [5.74, 6) is -0.486. The van der Waals surface area contributed by atoms with E-state index >= 15 is 0 Å². The summed E-state index contributed by atoms with van der Waals surface area (Å²) in [6, 6.07) is 0.